The lowest BCUT2D eigenvalue weighted by Crippen LogP contribution is -2.10. The average Bonchev–Trinajstić information content (AvgIpc) is 3.57. The quantitative estimate of drug-likeness (QED) is 0.127. The first kappa shape index (κ1) is 24.7. The van der Waals surface area contributed by atoms with Crippen molar-refractivity contribution >= 4 is 72.4 Å². The van der Waals surface area contributed by atoms with Gasteiger partial charge < -0.3 is 14.4 Å². The molecule has 0 aliphatic rings. The predicted molar refractivity (Wildman–Crippen MR) is 210 cm³/mol. The number of nitriles is 1. The fourth-order valence-corrected chi connectivity index (χ4v) is 7.00. The van der Waals surface area contributed by atoms with E-state index in [2.05, 4.69) is 45.0 Å². The Morgan fingerprint density at radius 1 is 0.549 bits per heavy atom. The van der Waals surface area contributed by atoms with Crippen molar-refractivity contribution < 1.29 is 6.85 Å². The van der Waals surface area contributed by atoms with Crippen molar-refractivity contribution in [3.05, 3.63) is 193 Å². The molecule has 0 aliphatic heterocycles. The van der Waals surface area contributed by atoms with Crippen LogP contribution in [0.5, 0.6) is 0 Å². The molecule has 8 aromatic carbocycles. The summed E-state index contributed by atoms with van der Waals surface area (Å²) in [6, 6.07) is 47.1. The lowest BCUT2D eigenvalue weighted by molar-refractivity contribution is 1.17. The molecule has 0 atom stereocenters. The van der Waals surface area contributed by atoms with Crippen LogP contribution in [0.4, 0.5) is 39.8 Å². The molecular formula is C46H29N5. The van der Waals surface area contributed by atoms with E-state index in [0.29, 0.717) is 22.3 Å². The Morgan fingerprint density at radius 3 is 1.49 bits per heavy atom. The zero-order valence-electron chi connectivity index (χ0n) is 32.1. The zero-order chi connectivity index (χ0) is 38.7. The predicted octanol–water partition coefficient (Wildman–Crippen LogP) is 12.7. The van der Waals surface area contributed by atoms with Crippen LogP contribution in [-0.2, 0) is 0 Å². The van der Waals surface area contributed by atoms with E-state index in [9.17, 15) is 8.00 Å². The summed E-state index contributed by atoms with van der Waals surface area (Å²) in [5, 5.41) is 13.1. The average molecular weight is 657 g/mol. The molecule has 0 saturated heterocycles. The van der Waals surface area contributed by atoms with Gasteiger partial charge in [0.05, 0.1) is 36.1 Å². The molecule has 0 amide bonds. The molecule has 9 rings (SSSR count). The van der Waals surface area contributed by atoms with Crippen LogP contribution >= 0.6 is 0 Å². The number of anilines is 6. The summed E-state index contributed by atoms with van der Waals surface area (Å²) in [7, 11) is 0. The summed E-state index contributed by atoms with van der Waals surface area (Å²) >= 11 is 0. The first-order valence-corrected chi connectivity index (χ1v) is 16.4. The maximum atomic E-state index is 9.55. The van der Waals surface area contributed by atoms with Crippen LogP contribution in [0.15, 0.2) is 176 Å². The maximum absolute atomic E-state index is 9.55. The van der Waals surface area contributed by atoms with E-state index >= 15 is 0 Å². The molecule has 0 radical (unpaired) electrons. The lowest BCUT2D eigenvalue weighted by Gasteiger charge is -2.26. The van der Waals surface area contributed by atoms with E-state index in [1.165, 1.54) is 0 Å². The van der Waals surface area contributed by atoms with Gasteiger partial charge in [0.2, 0.25) is 0 Å². The number of hydrogen-bond acceptors (Lipinski definition) is 3. The normalized spacial score (nSPS) is 12.5. The summed E-state index contributed by atoms with van der Waals surface area (Å²) in [5.74, 6) is 0. The molecule has 0 bridgehead atoms. The fourth-order valence-electron chi connectivity index (χ4n) is 7.00. The maximum Gasteiger partial charge on any atom is 0.187 e. The molecule has 1 aromatic heterocycles. The summed E-state index contributed by atoms with van der Waals surface area (Å²) in [5.41, 5.74) is 7.37. The van der Waals surface area contributed by atoms with E-state index < -0.39 is 18.1 Å². The Bertz CT molecular complexity index is 2840. The minimum absolute atomic E-state index is 0.0430. The minimum atomic E-state index is -0.465. The third kappa shape index (κ3) is 5.09. The Kier molecular flexibility index (Phi) is 5.96. The van der Waals surface area contributed by atoms with Crippen molar-refractivity contribution in [3.63, 3.8) is 0 Å². The van der Waals surface area contributed by atoms with Gasteiger partial charge in [-0.2, -0.15) is 5.26 Å². The van der Waals surface area contributed by atoms with E-state index in [4.69, 9.17) is 10.7 Å². The molecule has 5 heteroatoms. The fraction of sp³-hybridized carbons (Fsp3) is 0. The summed E-state index contributed by atoms with van der Waals surface area (Å²) in [6.07, 6.45) is 0. The lowest BCUT2D eigenvalue weighted by atomic mass is 10.00. The molecule has 51 heavy (non-hydrogen) atoms. The summed E-state index contributed by atoms with van der Waals surface area (Å²) in [4.78, 5) is 7.76. The van der Waals surface area contributed by atoms with Crippen LogP contribution in [0.3, 0.4) is 0 Å². The monoisotopic (exact) mass is 656 g/mol. The van der Waals surface area contributed by atoms with Crippen LogP contribution < -0.4 is 9.80 Å². The first-order chi connectivity index (χ1) is 27.3. The molecule has 238 valence electrons. The van der Waals surface area contributed by atoms with Crippen molar-refractivity contribution in [2.45, 2.75) is 0 Å². The largest absolute Gasteiger partial charge is 0.311 e. The van der Waals surface area contributed by atoms with E-state index in [-0.39, 0.29) is 17.8 Å². The molecule has 0 unspecified atom stereocenters. The van der Waals surface area contributed by atoms with Crippen LogP contribution in [0.1, 0.15) is 12.4 Å². The molecule has 0 aliphatic carbocycles. The highest BCUT2D eigenvalue weighted by Gasteiger charge is 2.23. The highest BCUT2D eigenvalue weighted by molar-refractivity contribution is 6.26. The number of para-hydroxylation sites is 3. The molecule has 0 saturated carbocycles. The second-order valence-corrected chi connectivity index (χ2v) is 12.1. The van der Waals surface area contributed by atoms with Gasteiger partial charge in [-0.15, -0.1) is 0 Å². The molecular weight excluding hydrogens is 623 g/mol. The van der Waals surface area contributed by atoms with Gasteiger partial charge in [0.1, 0.15) is 0 Å². The standard InChI is InChI=1S/C46H29N5/c1-48-35-21-25-40(26-22-35)50(37-13-7-3-8-14-37)42-28-34-20-19-33-27-41(49(36-11-5-2-6-12-36)39-23-17-32(31-47)18-24-39)29-43-45(33)46(34)44(30-42)51(43)38-15-9-4-10-16-38/h2-30H/i4D,9D,10D,15D,16D. The number of rotatable bonds is 7. The molecule has 0 N–H and O–H groups in total. The Labute approximate surface area is 302 Å². The Morgan fingerprint density at radius 2 is 1.02 bits per heavy atom. The van der Waals surface area contributed by atoms with Crippen molar-refractivity contribution in [2.75, 3.05) is 9.80 Å². The minimum Gasteiger partial charge on any atom is -0.311 e. The third-order valence-corrected chi connectivity index (χ3v) is 9.19. The van der Waals surface area contributed by atoms with Gasteiger partial charge >= 0.3 is 0 Å². The molecule has 0 spiro atoms. The molecule has 5 nitrogen and oxygen atoms in total. The van der Waals surface area contributed by atoms with Crippen molar-refractivity contribution in [1.29, 1.82) is 5.26 Å². The number of aromatic nitrogens is 1. The first-order valence-electron chi connectivity index (χ1n) is 18.9. The Hall–Kier alpha value is -7.34. The van der Waals surface area contributed by atoms with Gasteiger partial charge in [0, 0.05) is 50.6 Å². The van der Waals surface area contributed by atoms with Gasteiger partial charge in [-0.3, -0.25) is 0 Å². The number of hydrogen-bond donors (Lipinski definition) is 0. The van der Waals surface area contributed by atoms with E-state index in [1.54, 1.807) is 24.3 Å². The Balaban J connectivity index is 1.40. The van der Waals surface area contributed by atoms with Crippen molar-refractivity contribution in [3.8, 4) is 11.8 Å². The molecule has 0 fully saturated rings. The highest BCUT2D eigenvalue weighted by atomic mass is 15.2. The van der Waals surface area contributed by atoms with Gasteiger partial charge in [-0.05, 0) is 108 Å². The van der Waals surface area contributed by atoms with Gasteiger partial charge in [-0.1, -0.05) is 78.8 Å². The van der Waals surface area contributed by atoms with Crippen LogP contribution in [-0.4, -0.2) is 4.57 Å². The van der Waals surface area contributed by atoms with Gasteiger partial charge in [0.15, 0.2) is 5.69 Å². The van der Waals surface area contributed by atoms with Crippen LogP contribution in [0.25, 0.3) is 43.1 Å². The highest BCUT2D eigenvalue weighted by Crippen LogP contribution is 2.46. The second kappa shape index (κ2) is 12.3. The van der Waals surface area contributed by atoms with Crippen molar-refractivity contribution in [1.82, 2.24) is 4.57 Å². The number of nitrogens with zero attached hydrogens (tertiary/aromatic N) is 5. The zero-order valence-corrected chi connectivity index (χ0v) is 27.1. The van der Waals surface area contributed by atoms with Gasteiger partial charge in [-0.25, -0.2) is 4.85 Å². The second-order valence-electron chi connectivity index (χ2n) is 12.1. The van der Waals surface area contributed by atoms with Crippen LogP contribution in [0, 0.1) is 17.9 Å². The van der Waals surface area contributed by atoms with E-state index in [1.807, 2.05) is 102 Å². The topological polar surface area (TPSA) is 39.6 Å². The summed E-state index contributed by atoms with van der Waals surface area (Å²) < 4.78 is 46.0. The molecule has 9 aromatic rings. The number of benzene rings is 8. The smallest absolute Gasteiger partial charge is 0.187 e. The van der Waals surface area contributed by atoms with E-state index in [0.717, 1.165) is 55.7 Å². The SMILES string of the molecule is [2H]c1c([2H])c([2H])c(-n2c3cc(N(c4ccccc4)c4ccc(C#N)cc4)cc4ccc5cc(N(c6ccccc6)c6ccc([N+]#[C-])cc6)cc2c5c43)c([2H])c1[2H]. The van der Waals surface area contributed by atoms with Crippen LogP contribution in [0.2, 0.25) is 0 Å². The molecule has 1 heterocycles. The van der Waals surface area contributed by atoms with Crippen molar-refractivity contribution in [2.24, 2.45) is 0 Å². The third-order valence-electron chi connectivity index (χ3n) is 9.19. The summed E-state index contributed by atoms with van der Waals surface area (Å²) in [6.45, 7) is 7.51. The van der Waals surface area contributed by atoms with Gasteiger partial charge in [0.25, 0.3) is 0 Å².